The van der Waals surface area contributed by atoms with Crippen LogP contribution in [0.5, 0.6) is 0 Å². The summed E-state index contributed by atoms with van der Waals surface area (Å²) in [4.78, 5) is 65.3. The average Bonchev–Trinajstić information content (AvgIpc) is 1.58. The summed E-state index contributed by atoms with van der Waals surface area (Å²) in [6.45, 7) is 15.6. The highest BCUT2D eigenvalue weighted by atomic mass is 32.2. The fraction of sp³-hybridized carbons (Fsp3) is 0.261. The summed E-state index contributed by atoms with van der Waals surface area (Å²) in [6.07, 6.45) is 6.50. The molecule has 2 aliphatic rings. The van der Waals surface area contributed by atoms with Crippen LogP contribution in [0.15, 0.2) is 201 Å². The summed E-state index contributed by atoms with van der Waals surface area (Å²) in [5, 5.41) is 35.8. The van der Waals surface area contributed by atoms with Crippen molar-refractivity contribution in [2.45, 2.75) is 63.8 Å². The number of nitrogens with one attached hydrogen (secondary N) is 6. The lowest BCUT2D eigenvalue weighted by atomic mass is 9.84. The molecule has 6 aromatic heterocycles. The first-order valence-electron chi connectivity index (χ1n) is 39.1. The fourth-order valence-corrected chi connectivity index (χ4v) is 17.1. The number of H-pyrrole nitrogens is 3. The maximum atomic E-state index is 14.0. The van der Waals surface area contributed by atoms with Gasteiger partial charge in [-0.25, -0.2) is 21.6 Å². The minimum absolute atomic E-state index is 0.0568. The molecule has 0 saturated carbocycles. The van der Waals surface area contributed by atoms with Crippen molar-refractivity contribution in [3.8, 4) is 50.4 Å². The quantitative estimate of drug-likeness (QED) is 0.0345. The Morgan fingerprint density at radius 1 is 0.508 bits per heavy atom. The third-order valence-corrected chi connectivity index (χ3v) is 23.0. The molecule has 8 heterocycles. The number of rotatable bonds is 22. The van der Waals surface area contributed by atoms with E-state index in [-0.39, 0.29) is 65.8 Å². The first-order valence-corrected chi connectivity index (χ1v) is 41.2. The topological polar surface area (TPSA) is 291 Å². The van der Waals surface area contributed by atoms with E-state index < -0.39 is 32.1 Å². The molecule has 24 nitrogen and oxygen atoms in total. The van der Waals surface area contributed by atoms with Crippen LogP contribution in [0.4, 0.5) is 13.2 Å². The first kappa shape index (κ1) is 82.1. The minimum Gasteiger partial charge on any atom is -0.384 e. The molecule has 2 saturated heterocycles. The van der Waals surface area contributed by atoms with Gasteiger partial charge in [0.1, 0.15) is 33.3 Å². The van der Waals surface area contributed by atoms with Crippen LogP contribution in [0.1, 0.15) is 89.7 Å². The third kappa shape index (κ3) is 16.3. The van der Waals surface area contributed by atoms with Crippen LogP contribution in [0.25, 0.3) is 116 Å². The Hall–Kier alpha value is -13.0. The number of hydrogen-bond acceptors (Lipinski definition) is 13. The van der Waals surface area contributed by atoms with E-state index in [2.05, 4.69) is 138 Å². The summed E-state index contributed by atoms with van der Waals surface area (Å²) < 4.78 is 88.5. The summed E-state index contributed by atoms with van der Waals surface area (Å²) in [6, 6.07) is 53.6. The van der Waals surface area contributed by atoms with Crippen LogP contribution < -0.4 is 16.0 Å². The zero-order chi connectivity index (χ0) is 84.9. The number of nitrogens with zero attached hydrogens (tertiary/aromatic N) is 8. The largest absolute Gasteiger partial charge is 0.384 e. The smallest absolute Gasteiger partial charge is 0.254 e. The molecule has 0 spiro atoms. The number of fused-ring (bicyclic) bond motifs is 6. The van der Waals surface area contributed by atoms with Gasteiger partial charge in [-0.1, -0.05) is 77.9 Å². The fourth-order valence-electron chi connectivity index (χ4n) is 16.4. The molecule has 0 aliphatic carbocycles. The number of methoxy groups -OCH3 is 3. The van der Waals surface area contributed by atoms with Crippen molar-refractivity contribution in [1.29, 1.82) is 0 Å². The van der Waals surface area contributed by atoms with Crippen molar-refractivity contribution in [1.82, 2.24) is 70.0 Å². The summed E-state index contributed by atoms with van der Waals surface area (Å²) in [7, 11) is 3.43. The van der Waals surface area contributed by atoms with Crippen molar-refractivity contribution in [3.05, 3.63) is 252 Å². The molecule has 616 valence electrons. The molecule has 0 unspecified atom stereocenters. The molecule has 2 fully saturated rings. The molecule has 0 radical (unpaired) electrons. The second kappa shape index (κ2) is 33.1. The van der Waals surface area contributed by atoms with Crippen molar-refractivity contribution < 1.29 is 59.8 Å². The molecule has 6 N–H and O–H groups in total. The highest BCUT2D eigenvalue weighted by Gasteiger charge is 2.38. The van der Waals surface area contributed by atoms with Crippen molar-refractivity contribution in [2.75, 3.05) is 92.9 Å². The standard InChI is InChI=1S/C31H30FN5O3.C31H33FN4O4S.C30H28FN5O3/c1-31(2,18-40-3)29-28(19-4-6-20(7-5-19)30(39)36-13-12-33-27(38)17-36)24-15-25-21(16-34-35-25)14-26(24)37(29)23-10-8-22(32)9-11-23;1-31(2,19-40-4)29-28(20-6-8-21(9-7-20)30(37)35(3)14-15-41(5,38)39)25-17-26-22(18-33-34-26)16-27(25)36(29)24-12-10-23(32)11-13-24;1-30(2,16-39-3)27-26(17-4-6-18(7-5-17)28(37)34-24-15-32-29(24)38)22-13-23-19(14-33-35-23)12-25(22)36(27)21-10-8-20(31)9-11-21/h4-11,14-16H,12-13,17-18H2,1-3H3,(H,33,38)(H,34,35);6-13,16-18H,14-15,19H2,1-5H3,(H,33,34);4-14,24H,15-16H2,1-3H3,(H,32,38)(H,33,35)(H,34,37)/t;;24-/m..0/s1. The number of carbonyl (C=O) groups excluding carboxylic acids is 5. The van der Waals surface area contributed by atoms with Gasteiger partial charge in [-0.15, -0.1) is 0 Å². The van der Waals surface area contributed by atoms with Gasteiger partial charge in [-0.2, -0.15) is 15.3 Å². The van der Waals surface area contributed by atoms with Gasteiger partial charge in [0.25, 0.3) is 17.7 Å². The van der Waals surface area contributed by atoms with Crippen molar-refractivity contribution in [3.63, 3.8) is 0 Å². The Bertz CT molecular complexity index is 6550. The SMILES string of the molecule is COCC(C)(C)c1c(-c2ccc(C(=O)N(C)CCS(C)(=O)=O)cc2)c2cc3[nH]ncc3cc2n1-c1ccc(F)cc1.COCC(C)(C)c1c(-c2ccc(C(=O)N3CCNC(=O)C3)cc2)c2cc3[nH]ncc3cc2n1-c1ccc(F)cc1.COCC(C)(C)c1c(-c2ccc(C(=O)N[C@H]3CNC3=O)cc2)c2cc3[nH]ncc3cc2n1-c1ccc(F)cc1. The van der Waals surface area contributed by atoms with Crippen molar-refractivity contribution >= 4 is 105 Å². The van der Waals surface area contributed by atoms with Crippen LogP contribution in [-0.4, -0.2) is 191 Å². The zero-order valence-corrected chi connectivity index (χ0v) is 69.0. The number of β-lactam (4-membered cyclic amide) rings is 1. The Labute approximate surface area is 689 Å². The van der Waals surface area contributed by atoms with E-state index in [0.29, 0.717) is 56.1 Å². The Morgan fingerprint density at radius 3 is 1.19 bits per heavy atom. The van der Waals surface area contributed by atoms with Gasteiger partial charge in [-0.05, 0) is 162 Å². The average molecular weight is 1640 g/mol. The summed E-state index contributed by atoms with van der Waals surface area (Å²) >= 11 is 0. The van der Waals surface area contributed by atoms with E-state index in [1.54, 1.807) is 113 Å². The van der Waals surface area contributed by atoms with E-state index in [9.17, 15) is 45.6 Å². The monoisotopic (exact) mass is 1640 g/mol. The van der Waals surface area contributed by atoms with Crippen molar-refractivity contribution in [2.24, 2.45) is 0 Å². The van der Waals surface area contributed by atoms with E-state index >= 15 is 0 Å². The van der Waals surface area contributed by atoms with E-state index in [4.69, 9.17) is 14.2 Å². The number of aromatic nitrogens is 9. The highest BCUT2D eigenvalue weighted by Crippen LogP contribution is 2.48. The molecule has 9 aromatic carbocycles. The number of amides is 5. The predicted molar refractivity (Wildman–Crippen MR) is 460 cm³/mol. The van der Waals surface area contributed by atoms with Gasteiger partial charge in [0.15, 0.2) is 0 Å². The number of benzene rings is 9. The van der Waals surface area contributed by atoms with Crippen LogP contribution in [0.2, 0.25) is 0 Å². The van der Waals surface area contributed by atoms with Gasteiger partial charge in [0.2, 0.25) is 11.8 Å². The molecule has 5 amide bonds. The van der Waals surface area contributed by atoms with Crippen LogP contribution >= 0.6 is 0 Å². The normalized spacial score (nSPS) is 13.9. The molecule has 15 aromatic rings. The molecular formula is C92H91F3N14O10S. The van der Waals surface area contributed by atoms with Crippen LogP contribution in [0.3, 0.4) is 0 Å². The number of halogens is 3. The molecule has 1 atom stereocenters. The molecule has 0 bridgehead atoms. The molecule has 28 heteroatoms. The maximum Gasteiger partial charge on any atom is 0.254 e. The lowest BCUT2D eigenvalue weighted by Crippen LogP contribution is -2.61. The number of carbonyl (C=O) groups is 5. The zero-order valence-electron chi connectivity index (χ0n) is 68.2. The maximum absolute atomic E-state index is 14.0. The molecular weight excluding hydrogens is 1550 g/mol. The van der Waals surface area contributed by atoms with Gasteiger partial charge >= 0.3 is 0 Å². The van der Waals surface area contributed by atoms with Gasteiger partial charge in [0, 0.05) is 177 Å². The lowest BCUT2D eigenvalue weighted by Gasteiger charge is -2.28. The van der Waals surface area contributed by atoms with E-state index in [1.807, 2.05) is 48.5 Å². The Kier molecular flexibility index (Phi) is 22.6. The second-order valence-corrected chi connectivity index (χ2v) is 34.7. The van der Waals surface area contributed by atoms with Gasteiger partial charge in [0.05, 0.1) is 83.8 Å². The summed E-state index contributed by atoms with van der Waals surface area (Å²) in [5.74, 6) is -2.08. The second-order valence-electron chi connectivity index (χ2n) is 32.5. The molecule has 120 heavy (non-hydrogen) atoms. The highest BCUT2D eigenvalue weighted by molar-refractivity contribution is 7.90. The number of ether oxygens (including phenoxy) is 3. The third-order valence-electron chi connectivity index (χ3n) is 22.1. The van der Waals surface area contributed by atoms with Crippen LogP contribution in [0, 0.1) is 17.5 Å². The molecule has 17 rings (SSSR count). The summed E-state index contributed by atoms with van der Waals surface area (Å²) in [5.41, 5.74) is 16.7. The minimum atomic E-state index is -3.19. The Balaban J connectivity index is 0.000000140. The Morgan fingerprint density at radius 2 is 0.867 bits per heavy atom. The number of piperazine rings is 1. The van der Waals surface area contributed by atoms with E-state index in [1.165, 1.54) is 41.3 Å². The molecule has 2 aliphatic heterocycles. The first-order chi connectivity index (χ1) is 57.4. The number of sulfone groups is 1. The van der Waals surface area contributed by atoms with Gasteiger partial charge < -0.3 is 53.7 Å². The number of aromatic amines is 3. The van der Waals surface area contributed by atoms with E-state index in [0.717, 1.165) is 139 Å². The van der Waals surface area contributed by atoms with Gasteiger partial charge in [-0.3, -0.25) is 39.3 Å². The predicted octanol–water partition coefficient (Wildman–Crippen LogP) is 14.6. The lowest BCUT2D eigenvalue weighted by molar-refractivity contribution is -0.128. The van der Waals surface area contributed by atoms with Crippen LogP contribution in [-0.2, 0) is 49.9 Å². The number of hydrogen-bond donors (Lipinski definition) is 6.